The molecule has 3 rings (SSSR count). The van der Waals surface area contributed by atoms with Crippen LogP contribution in [0.4, 0.5) is 4.79 Å². The highest BCUT2D eigenvalue weighted by atomic mass is 32.2. The van der Waals surface area contributed by atoms with Gasteiger partial charge >= 0.3 is 6.09 Å². The molecule has 0 aromatic carbocycles. The topological polar surface area (TPSA) is 77.9 Å². The summed E-state index contributed by atoms with van der Waals surface area (Å²) in [7, 11) is 0. The van der Waals surface area contributed by atoms with E-state index in [0.29, 0.717) is 13.1 Å². The molecular weight excluding hydrogens is 386 g/mol. The van der Waals surface area contributed by atoms with Gasteiger partial charge in [0.05, 0.1) is 0 Å². The molecule has 2 aliphatic rings. The Hall–Kier alpha value is -1.60. The molecule has 2 heterocycles. The molecule has 0 bridgehead atoms. The second-order valence-corrected chi connectivity index (χ2v) is 12.1. The highest BCUT2D eigenvalue weighted by Gasteiger charge is 2.48. The molecule has 1 saturated heterocycles. The molecule has 1 amide bonds. The zero-order valence-corrected chi connectivity index (χ0v) is 19.5. The van der Waals surface area contributed by atoms with Gasteiger partial charge in [0.25, 0.3) is 0 Å². The first kappa shape index (κ1) is 22.1. The first-order valence-electron chi connectivity index (χ1n) is 10.3. The Balaban J connectivity index is 1.88. The van der Waals surface area contributed by atoms with Gasteiger partial charge in [0.2, 0.25) is 0 Å². The zero-order chi connectivity index (χ0) is 21.6. The van der Waals surface area contributed by atoms with Gasteiger partial charge in [-0.05, 0) is 79.4 Å². The zero-order valence-electron chi connectivity index (χ0n) is 18.7. The Morgan fingerprint density at radius 2 is 1.86 bits per heavy atom. The molecule has 1 aliphatic carbocycles. The van der Waals surface area contributed by atoms with Crippen LogP contribution < -0.4 is 0 Å². The number of rotatable bonds is 1. The number of fused-ring (bicyclic) bond motifs is 1. The molecule has 0 N–H and O–H groups in total. The van der Waals surface area contributed by atoms with Crippen molar-refractivity contribution in [1.82, 2.24) is 9.88 Å². The van der Waals surface area contributed by atoms with Crippen molar-refractivity contribution in [3.63, 3.8) is 0 Å². The summed E-state index contributed by atoms with van der Waals surface area (Å²) in [5.74, 6) is 0. The Morgan fingerprint density at radius 3 is 2.41 bits per heavy atom. The van der Waals surface area contributed by atoms with Crippen molar-refractivity contribution < 1.29 is 14.1 Å². The Bertz CT molecular complexity index is 816. The van der Waals surface area contributed by atoms with Crippen LogP contribution in [0.2, 0.25) is 0 Å². The second-order valence-electron chi connectivity index (χ2n) is 10.2. The molecule has 0 saturated carbocycles. The largest absolute Gasteiger partial charge is 0.591 e. The average molecular weight is 420 g/mol. The van der Waals surface area contributed by atoms with E-state index in [1.54, 1.807) is 4.90 Å². The van der Waals surface area contributed by atoms with Crippen LogP contribution in [0.25, 0.3) is 0 Å². The van der Waals surface area contributed by atoms with Crippen LogP contribution in [0.1, 0.15) is 71.2 Å². The number of hydrogen-bond acceptors (Lipinski definition) is 5. The monoisotopic (exact) mass is 419 g/mol. The van der Waals surface area contributed by atoms with Crippen molar-refractivity contribution in [1.29, 1.82) is 0 Å². The highest BCUT2D eigenvalue weighted by molar-refractivity contribution is 7.91. The lowest BCUT2D eigenvalue weighted by atomic mass is 9.74. The lowest BCUT2D eigenvalue weighted by Gasteiger charge is -2.39. The SMILES string of the molecule is Cc1cc2c(cn1)CC1(CCN(C(=O)OC(C)(C)C)CC1)C2=N[S+]([O-])C(C)(C)C. The number of aryl methyl sites for hydroxylation is 1. The number of piperidine rings is 1. The molecule has 160 valence electrons. The molecule has 1 spiro atoms. The van der Waals surface area contributed by atoms with E-state index in [9.17, 15) is 9.35 Å². The number of pyridine rings is 1. The van der Waals surface area contributed by atoms with E-state index < -0.39 is 21.7 Å². The summed E-state index contributed by atoms with van der Waals surface area (Å²) in [6.07, 6.45) is 4.05. The molecule has 1 aromatic rings. The van der Waals surface area contributed by atoms with Crippen LogP contribution in [-0.2, 0) is 22.5 Å². The molecule has 6 nitrogen and oxygen atoms in total. The van der Waals surface area contributed by atoms with Crippen LogP contribution in [0.15, 0.2) is 16.7 Å². The van der Waals surface area contributed by atoms with Crippen LogP contribution in [-0.4, -0.2) is 49.7 Å². The molecule has 0 radical (unpaired) electrons. The van der Waals surface area contributed by atoms with Crippen molar-refractivity contribution in [2.24, 2.45) is 9.81 Å². The maximum absolute atomic E-state index is 12.9. The van der Waals surface area contributed by atoms with Crippen LogP contribution in [0, 0.1) is 12.3 Å². The van der Waals surface area contributed by atoms with E-state index in [1.807, 2.05) is 54.7 Å². The first-order valence-corrected chi connectivity index (χ1v) is 11.4. The van der Waals surface area contributed by atoms with Gasteiger partial charge in [-0.2, -0.15) is 0 Å². The van der Waals surface area contributed by atoms with Crippen LogP contribution in [0.5, 0.6) is 0 Å². The third-order valence-electron chi connectivity index (χ3n) is 5.48. The summed E-state index contributed by atoms with van der Waals surface area (Å²) in [6, 6.07) is 2.06. The molecule has 1 atom stereocenters. The summed E-state index contributed by atoms with van der Waals surface area (Å²) in [4.78, 5) is 18.7. The minimum atomic E-state index is -1.34. The van der Waals surface area contributed by atoms with Crippen molar-refractivity contribution in [2.75, 3.05) is 13.1 Å². The number of carbonyl (C=O) groups is 1. The number of aromatic nitrogens is 1. The molecule has 7 heteroatoms. The average Bonchev–Trinajstić information content (AvgIpc) is 2.86. The standard InChI is InChI=1S/C22H33N3O3S/c1-15-12-17-16(14-23-15)13-22(18(17)24-29(27)21(5,6)7)8-10-25(11-9-22)19(26)28-20(2,3)4/h12,14H,8-11,13H2,1-7H3. The third-order valence-corrected chi connectivity index (χ3v) is 6.88. The van der Waals surface area contributed by atoms with E-state index in [0.717, 1.165) is 41.8 Å². The predicted molar refractivity (Wildman–Crippen MR) is 117 cm³/mol. The third kappa shape index (κ3) is 4.77. The fraction of sp³-hybridized carbons (Fsp3) is 0.682. The molecule has 1 aliphatic heterocycles. The first-order chi connectivity index (χ1) is 13.3. The van der Waals surface area contributed by atoms with Crippen molar-refractivity contribution in [3.8, 4) is 0 Å². The number of amides is 1. The Labute approximate surface area is 177 Å². The highest BCUT2D eigenvalue weighted by Crippen LogP contribution is 2.46. The van der Waals surface area contributed by atoms with E-state index in [4.69, 9.17) is 9.13 Å². The maximum Gasteiger partial charge on any atom is 0.410 e. The minimum absolute atomic E-state index is 0.197. The number of nitrogens with zero attached hydrogens (tertiary/aromatic N) is 3. The molecule has 1 unspecified atom stereocenters. The second kappa shape index (κ2) is 7.58. The molecular formula is C22H33N3O3S. The molecule has 29 heavy (non-hydrogen) atoms. The van der Waals surface area contributed by atoms with E-state index in [1.165, 1.54) is 0 Å². The van der Waals surface area contributed by atoms with Crippen molar-refractivity contribution >= 4 is 23.2 Å². The maximum atomic E-state index is 12.9. The number of hydrogen-bond donors (Lipinski definition) is 0. The van der Waals surface area contributed by atoms with Gasteiger partial charge in [0, 0.05) is 36.0 Å². The quantitative estimate of drug-likeness (QED) is 0.639. The molecule has 1 aromatic heterocycles. The fourth-order valence-electron chi connectivity index (χ4n) is 3.91. The predicted octanol–water partition coefficient (Wildman–Crippen LogP) is 4.21. The van der Waals surface area contributed by atoms with Gasteiger partial charge in [0.15, 0.2) is 0 Å². The Kier molecular flexibility index (Phi) is 5.78. The van der Waals surface area contributed by atoms with Gasteiger partial charge in [0.1, 0.15) is 27.4 Å². The number of ether oxygens (including phenoxy) is 1. The lowest BCUT2D eigenvalue weighted by molar-refractivity contribution is 0.0159. The van der Waals surface area contributed by atoms with Gasteiger partial charge in [-0.1, -0.05) is 4.40 Å². The summed E-state index contributed by atoms with van der Waals surface area (Å²) < 4.78 is 22.8. The van der Waals surface area contributed by atoms with Gasteiger partial charge in [-0.25, -0.2) is 4.79 Å². The lowest BCUT2D eigenvalue weighted by Crippen LogP contribution is -2.47. The summed E-state index contributed by atoms with van der Waals surface area (Å²) in [5, 5.41) is 0. The summed E-state index contributed by atoms with van der Waals surface area (Å²) in [5.41, 5.74) is 3.38. The van der Waals surface area contributed by atoms with E-state index >= 15 is 0 Å². The Morgan fingerprint density at radius 1 is 1.24 bits per heavy atom. The van der Waals surface area contributed by atoms with Gasteiger partial charge in [-0.15, -0.1) is 0 Å². The van der Waals surface area contributed by atoms with Crippen molar-refractivity contribution in [3.05, 3.63) is 29.1 Å². The van der Waals surface area contributed by atoms with Crippen LogP contribution >= 0.6 is 0 Å². The number of carbonyl (C=O) groups excluding carboxylic acids is 1. The fourth-order valence-corrected chi connectivity index (χ4v) is 4.64. The van der Waals surface area contributed by atoms with Gasteiger partial charge < -0.3 is 14.2 Å². The van der Waals surface area contributed by atoms with E-state index in [-0.39, 0.29) is 11.5 Å². The smallest absolute Gasteiger partial charge is 0.410 e. The van der Waals surface area contributed by atoms with Crippen LogP contribution in [0.3, 0.4) is 0 Å². The minimum Gasteiger partial charge on any atom is -0.591 e. The normalized spacial score (nSPS) is 21.4. The van der Waals surface area contributed by atoms with E-state index in [2.05, 4.69) is 11.1 Å². The summed E-state index contributed by atoms with van der Waals surface area (Å²) in [6.45, 7) is 14.7. The van der Waals surface area contributed by atoms with Crippen molar-refractivity contribution in [2.45, 2.75) is 78.1 Å². The van der Waals surface area contributed by atoms with Gasteiger partial charge in [-0.3, -0.25) is 4.98 Å². The molecule has 1 fully saturated rings. The summed E-state index contributed by atoms with van der Waals surface area (Å²) >= 11 is -1.34. The number of likely N-dealkylation sites (tertiary alicyclic amines) is 1.